The minimum absolute atomic E-state index is 0.0997. The molecule has 5 rings (SSSR count). The number of nitrogens with zero attached hydrogens (tertiary/aromatic N) is 5. The average Bonchev–Trinajstić information content (AvgIpc) is 3.56. The van der Waals surface area contributed by atoms with E-state index in [0.29, 0.717) is 46.6 Å². The molecule has 1 amide bonds. The number of benzene rings is 2. The summed E-state index contributed by atoms with van der Waals surface area (Å²) < 4.78 is 41.0. The van der Waals surface area contributed by atoms with E-state index in [1.165, 1.54) is 42.2 Å². The molecule has 4 aromatic rings. The fraction of sp³-hybridized carbons (Fsp3) is 0.400. The van der Waals surface area contributed by atoms with E-state index < -0.39 is 17.5 Å². The number of ether oxygens (including phenoxy) is 2. The Kier molecular flexibility index (Phi) is 9.11. The van der Waals surface area contributed by atoms with Crippen molar-refractivity contribution in [2.45, 2.75) is 58.7 Å². The maximum Gasteiger partial charge on any atom is 0.246 e. The predicted molar refractivity (Wildman–Crippen MR) is 156 cm³/mol. The van der Waals surface area contributed by atoms with Crippen molar-refractivity contribution < 1.29 is 23.0 Å². The number of carbonyl (C=O) groups excluding carboxylic acids is 1. The van der Waals surface area contributed by atoms with Crippen LogP contribution < -0.4 is 20.1 Å². The van der Waals surface area contributed by atoms with Gasteiger partial charge in [-0.05, 0) is 58.7 Å². The Labute approximate surface area is 243 Å². The lowest BCUT2D eigenvalue weighted by atomic mass is 10.2. The summed E-state index contributed by atoms with van der Waals surface area (Å²) in [5.41, 5.74) is 0.976. The fourth-order valence-corrected chi connectivity index (χ4v) is 5.03. The molecule has 0 bridgehead atoms. The van der Waals surface area contributed by atoms with E-state index in [4.69, 9.17) is 9.47 Å². The highest BCUT2D eigenvalue weighted by Crippen LogP contribution is 2.36. The Hall–Kier alpha value is -4.32. The quantitative estimate of drug-likeness (QED) is 0.211. The molecule has 222 valence electrons. The van der Waals surface area contributed by atoms with Crippen molar-refractivity contribution in [3.8, 4) is 11.5 Å². The van der Waals surface area contributed by atoms with Gasteiger partial charge in [-0.15, -0.1) is 0 Å². The molecule has 1 aliphatic rings. The molecule has 1 fully saturated rings. The topological polar surface area (TPSA) is 106 Å². The fourth-order valence-electron chi connectivity index (χ4n) is 5.03. The van der Waals surface area contributed by atoms with Gasteiger partial charge in [-0.1, -0.05) is 6.07 Å². The lowest BCUT2D eigenvalue weighted by molar-refractivity contribution is -0.116. The second kappa shape index (κ2) is 13.1. The van der Waals surface area contributed by atoms with Crippen LogP contribution in [0.25, 0.3) is 10.9 Å². The summed E-state index contributed by atoms with van der Waals surface area (Å²) in [5, 5.41) is 10.5. The lowest BCUT2D eigenvalue weighted by Crippen LogP contribution is -2.28. The van der Waals surface area contributed by atoms with Crippen molar-refractivity contribution in [1.29, 1.82) is 0 Å². The number of nitrogens with one attached hydrogen (secondary N) is 2. The minimum atomic E-state index is -1.12. The molecule has 1 saturated heterocycles. The number of likely N-dealkylation sites (tertiary alicyclic amines) is 1. The number of hydrogen-bond donors (Lipinski definition) is 2. The van der Waals surface area contributed by atoms with Crippen LogP contribution in [0, 0.1) is 11.6 Å². The normalized spacial score (nSPS) is 15.3. The van der Waals surface area contributed by atoms with Crippen LogP contribution in [0.2, 0.25) is 0 Å². The molecular weight excluding hydrogens is 544 g/mol. The summed E-state index contributed by atoms with van der Waals surface area (Å²) in [6.07, 6.45) is 7.94. The first-order valence-corrected chi connectivity index (χ1v) is 14.1. The van der Waals surface area contributed by atoms with Gasteiger partial charge in [0.2, 0.25) is 5.91 Å². The summed E-state index contributed by atoms with van der Waals surface area (Å²) in [6.45, 7) is 8.70. The van der Waals surface area contributed by atoms with Crippen molar-refractivity contribution in [3.05, 3.63) is 60.7 Å². The summed E-state index contributed by atoms with van der Waals surface area (Å²) in [6, 6.07) is 7.94. The molecule has 1 aliphatic heterocycles. The Balaban J connectivity index is 1.28. The summed E-state index contributed by atoms with van der Waals surface area (Å²) in [4.78, 5) is 23.8. The first-order chi connectivity index (χ1) is 20.3. The lowest BCUT2D eigenvalue weighted by Gasteiger charge is -2.21. The molecule has 2 aromatic carbocycles. The molecule has 12 heteroatoms. The molecule has 42 heavy (non-hydrogen) atoms. The van der Waals surface area contributed by atoms with Crippen LogP contribution in [-0.2, 0) is 11.3 Å². The highest BCUT2D eigenvalue weighted by atomic mass is 19.2. The second-order valence-electron chi connectivity index (χ2n) is 10.6. The third-order valence-electron chi connectivity index (χ3n) is 7.01. The third kappa shape index (κ3) is 7.11. The zero-order valence-corrected chi connectivity index (χ0v) is 23.9. The molecule has 0 unspecified atom stereocenters. The van der Waals surface area contributed by atoms with Gasteiger partial charge < -0.3 is 25.0 Å². The highest BCUT2D eigenvalue weighted by molar-refractivity contribution is 5.96. The van der Waals surface area contributed by atoms with Crippen molar-refractivity contribution in [2.75, 3.05) is 30.3 Å². The maximum absolute atomic E-state index is 13.9. The second-order valence-corrected chi connectivity index (χ2v) is 10.6. The van der Waals surface area contributed by atoms with E-state index in [9.17, 15) is 13.6 Å². The van der Waals surface area contributed by atoms with Gasteiger partial charge >= 0.3 is 0 Å². The monoisotopic (exact) mass is 579 g/mol. The largest absolute Gasteiger partial charge is 0.493 e. The van der Waals surface area contributed by atoms with E-state index in [1.807, 2.05) is 26.0 Å². The van der Waals surface area contributed by atoms with E-state index in [-0.39, 0.29) is 18.3 Å². The Morgan fingerprint density at radius 3 is 2.86 bits per heavy atom. The molecule has 1 atom stereocenters. The van der Waals surface area contributed by atoms with Crippen molar-refractivity contribution in [1.82, 2.24) is 24.6 Å². The number of carbonyl (C=O) groups is 1. The first kappa shape index (κ1) is 29.2. The molecule has 0 radical (unpaired) electrons. The Bertz CT molecular complexity index is 1540. The van der Waals surface area contributed by atoms with Crippen LogP contribution in [-0.4, -0.2) is 62.4 Å². The number of aromatic nitrogens is 4. The predicted octanol–water partition coefficient (Wildman–Crippen LogP) is 5.53. The van der Waals surface area contributed by atoms with Crippen LogP contribution in [0.3, 0.4) is 0 Å². The zero-order chi connectivity index (χ0) is 29.6. The molecule has 10 nitrogen and oxygen atoms in total. The smallest absolute Gasteiger partial charge is 0.246 e. The molecule has 2 N–H and O–H groups in total. The van der Waals surface area contributed by atoms with Gasteiger partial charge in [0.05, 0.1) is 41.2 Å². The number of anilines is 3. The van der Waals surface area contributed by atoms with Crippen LogP contribution in [0.5, 0.6) is 11.5 Å². The summed E-state index contributed by atoms with van der Waals surface area (Å²) >= 11 is 0. The van der Waals surface area contributed by atoms with Gasteiger partial charge in [-0.25, -0.2) is 18.7 Å². The molecule has 0 aliphatic carbocycles. The number of halogens is 2. The van der Waals surface area contributed by atoms with Gasteiger partial charge in [-0.2, -0.15) is 5.10 Å². The van der Waals surface area contributed by atoms with E-state index in [0.717, 1.165) is 25.6 Å². The molecule has 0 saturated carbocycles. The maximum atomic E-state index is 13.9. The zero-order valence-electron chi connectivity index (χ0n) is 23.9. The molecular formula is C30H35F2N7O3. The molecule has 3 heterocycles. The van der Waals surface area contributed by atoms with Crippen molar-refractivity contribution >= 4 is 34.0 Å². The summed E-state index contributed by atoms with van der Waals surface area (Å²) in [5.74, 6) is -0.965. The van der Waals surface area contributed by atoms with Crippen molar-refractivity contribution in [2.24, 2.45) is 0 Å². The number of rotatable bonds is 12. The average molecular weight is 580 g/mol. The standard InChI is InChI=1S/C30H35F2N7O3/c1-19(2)42-26-14-22(41-12-6-11-38-10-5-7-20(38)3)13-25-28(26)30(34-18-33-25)36-21-15-35-39(16-21)17-27(40)37-24-9-4-8-23(31)29(24)32/h4,8-9,13-16,18-20H,5-7,10-12,17H2,1-3H3,(H,37,40)(H,33,34,36)/t20-/m1/s1. The first-order valence-electron chi connectivity index (χ1n) is 14.1. The highest BCUT2D eigenvalue weighted by Gasteiger charge is 2.20. The van der Waals surface area contributed by atoms with Crippen LogP contribution in [0.1, 0.15) is 40.0 Å². The Morgan fingerprint density at radius 2 is 2.07 bits per heavy atom. The van der Waals surface area contributed by atoms with E-state index >= 15 is 0 Å². The van der Waals surface area contributed by atoms with Gasteiger partial charge in [0.25, 0.3) is 0 Å². The number of hydrogen-bond acceptors (Lipinski definition) is 8. The van der Waals surface area contributed by atoms with Gasteiger partial charge in [0.1, 0.15) is 30.2 Å². The van der Waals surface area contributed by atoms with Crippen molar-refractivity contribution in [3.63, 3.8) is 0 Å². The number of fused-ring (bicyclic) bond motifs is 1. The minimum Gasteiger partial charge on any atom is -0.493 e. The van der Waals surface area contributed by atoms with Gasteiger partial charge in [0, 0.05) is 30.9 Å². The van der Waals surface area contributed by atoms with Crippen LogP contribution >= 0.6 is 0 Å². The molecule has 0 spiro atoms. The van der Waals surface area contributed by atoms with E-state index in [2.05, 4.69) is 37.5 Å². The Morgan fingerprint density at radius 1 is 1.21 bits per heavy atom. The van der Waals surface area contributed by atoms with Gasteiger partial charge in [-0.3, -0.25) is 9.48 Å². The van der Waals surface area contributed by atoms with E-state index in [1.54, 1.807) is 6.20 Å². The molecule has 2 aromatic heterocycles. The van der Waals surface area contributed by atoms with Crippen LogP contribution in [0.15, 0.2) is 49.1 Å². The number of amides is 1. The van der Waals surface area contributed by atoms with Crippen LogP contribution in [0.4, 0.5) is 26.0 Å². The SMILES string of the molecule is CC(C)Oc1cc(OCCCN2CCC[C@H]2C)cc2ncnc(Nc3cnn(CC(=O)Nc4cccc(F)c4F)c3)c12. The summed E-state index contributed by atoms with van der Waals surface area (Å²) in [7, 11) is 0. The third-order valence-corrected chi connectivity index (χ3v) is 7.01. The van der Waals surface area contributed by atoms with Gasteiger partial charge in [0.15, 0.2) is 11.6 Å².